The number of benzene rings is 2. The first-order chi connectivity index (χ1) is 9.16. The Labute approximate surface area is 129 Å². The van der Waals surface area contributed by atoms with E-state index in [1.165, 1.54) is 0 Å². The highest BCUT2D eigenvalue weighted by Crippen LogP contribution is 2.37. The van der Waals surface area contributed by atoms with Crippen LogP contribution in [0.15, 0.2) is 57.6 Å². The Morgan fingerprint density at radius 1 is 0.947 bits per heavy atom. The Balaban J connectivity index is 2.18. The number of hydrogen-bond acceptors (Lipinski definition) is 1. The summed E-state index contributed by atoms with van der Waals surface area (Å²) in [5, 5.41) is 2.43. The van der Waals surface area contributed by atoms with Gasteiger partial charge < -0.3 is 4.42 Å². The van der Waals surface area contributed by atoms with Gasteiger partial charge in [-0.25, -0.2) is 0 Å². The molecule has 0 aliphatic carbocycles. The van der Waals surface area contributed by atoms with Crippen molar-refractivity contribution in [3.63, 3.8) is 0 Å². The highest BCUT2D eigenvalue weighted by molar-refractivity contribution is 9.10. The molecule has 0 aliphatic rings. The SMILES string of the molecule is Clc1ccc(C(Cl)c2ccc(Br)o2)c2ccccc12. The molecular formula is C15H9BrCl2O. The Morgan fingerprint density at radius 3 is 2.37 bits per heavy atom. The second-order valence-electron chi connectivity index (χ2n) is 4.19. The molecule has 0 N–H and O–H groups in total. The maximum atomic E-state index is 6.52. The van der Waals surface area contributed by atoms with E-state index in [0.717, 1.165) is 21.4 Å². The average molecular weight is 356 g/mol. The minimum atomic E-state index is -0.339. The maximum absolute atomic E-state index is 6.52. The van der Waals surface area contributed by atoms with Gasteiger partial charge in [-0.05, 0) is 45.1 Å². The monoisotopic (exact) mass is 354 g/mol. The smallest absolute Gasteiger partial charge is 0.169 e. The lowest BCUT2D eigenvalue weighted by molar-refractivity contribution is 0.494. The molecule has 0 fully saturated rings. The molecule has 19 heavy (non-hydrogen) atoms. The molecule has 1 heterocycles. The van der Waals surface area contributed by atoms with Crippen molar-refractivity contribution in [1.29, 1.82) is 0 Å². The number of rotatable bonds is 2. The Kier molecular flexibility index (Phi) is 3.57. The van der Waals surface area contributed by atoms with Crippen molar-refractivity contribution in [2.75, 3.05) is 0 Å². The molecule has 1 atom stereocenters. The molecule has 4 heteroatoms. The van der Waals surface area contributed by atoms with Crippen molar-refractivity contribution in [1.82, 2.24) is 0 Å². The van der Waals surface area contributed by atoms with Crippen LogP contribution >= 0.6 is 39.1 Å². The van der Waals surface area contributed by atoms with E-state index in [9.17, 15) is 0 Å². The summed E-state index contributed by atoms with van der Waals surface area (Å²) in [6, 6.07) is 15.5. The summed E-state index contributed by atoms with van der Waals surface area (Å²) < 4.78 is 6.20. The van der Waals surface area contributed by atoms with E-state index in [1.807, 2.05) is 48.5 Å². The number of alkyl halides is 1. The molecule has 0 saturated heterocycles. The van der Waals surface area contributed by atoms with Gasteiger partial charge in [0.2, 0.25) is 0 Å². The van der Waals surface area contributed by atoms with Gasteiger partial charge in [-0.3, -0.25) is 0 Å². The van der Waals surface area contributed by atoms with Crippen LogP contribution in [0.1, 0.15) is 16.7 Å². The number of fused-ring (bicyclic) bond motifs is 1. The van der Waals surface area contributed by atoms with Gasteiger partial charge in [0, 0.05) is 10.4 Å². The second kappa shape index (κ2) is 5.20. The molecule has 1 nitrogen and oxygen atoms in total. The van der Waals surface area contributed by atoms with Gasteiger partial charge in [-0.15, -0.1) is 11.6 Å². The van der Waals surface area contributed by atoms with Gasteiger partial charge in [0.1, 0.15) is 11.1 Å². The fourth-order valence-corrected chi connectivity index (χ4v) is 2.98. The number of halogens is 3. The molecule has 0 spiro atoms. The highest BCUT2D eigenvalue weighted by Gasteiger charge is 2.18. The second-order valence-corrected chi connectivity index (χ2v) is 5.81. The van der Waals surface area contributed by atoms with E-state index >= 15 is 0 Å². The van der Waals surface area contributed by atoms with Crippen LogP contribution in [0.5, 0.6) is 0 Å². The van der Waals surface area contributed by atoms with E-state index in [0.29, 0.717) is 10.4 Å². The van der Waals surface area contributed by atoms with Gasteiger partial charge >= 0.3 is 0 Å². The van der Waals surface area contributed by atoms with Crippen molar-refractivity contribution in [2.45, 2.75) is 5.38 Å². The van der Waals surface area contributed by atoms with Crippen molar-refractivity contribution in [3.05, 3.63) is 69.5 Å². The van der Waals surface area contributed by atoms with E-state index < -0.39 is 0 Å². The van der Waals surface area contributed by atoms with Crippen molar-refractivity contribution >= 4 is 49.9 Å². The first-order valence-electron chi connectivity index (χ1n) is 5.73. The normalized spacial score (nSPS) is 12.8. The molecule has 0 bridgehead atoms. The van der Waals surface area contributed by atoms with E-state index in [4.69, 9.17) is 27.6 Å². The predicted molar refractivity (Wildman–Crippen MR) is 83.1 cm³/mol. The average Bonchev–Trinajstić information content (AvgIpc) is 2.86. The molecule has 0 amide bonds. The van der Waals surface area contributed by atoms with E-state index in [2.05, 4.69) is 15.9 Å². The summed E-state index contributed by atoms with van der Waals surface area (Å²) in [7, 11) is 0. The molecule has 0 saturated carbocycles. The van der Waals surface area contributed by atoms with Crippen LogP contribution in [0, 0.1) is 0 Å². The Morgan fingerprint density at radius 2 is 1.68 bits per heavy atom. The lowest BCUT2D eigenvalue weighted by Gasteiger charge is -2.11. The van der Waals surface area contributed by atoms with Crippen molar-refractivity contribution in [3.8, 4) is 0 Å². The molecule has 1 unspecified atom stereocenters. The molecular weight excluding hydrogens is 347 g/mol. The van der Waals surface area contributed by atoms with Crippen molar-refractivity contribution < 1.29 is 4.42 Å². The first-order valence-corrected chi connectivity index (χ1v) is 7.34. The molecule has 3 rings (SSSR count). The van der Waals surface area contributed by atoms with Gasteiger partial charge in [0.25, 0.3) is 0 Å². The molecule has 96 valence electrons. The summed E-state index contributed by atoms with van der Waals surface area (Å²) >= 11 is 16.0. The third-order valence-electron chi connectivity index (χ3n) is 3.02. The molecule has 0 radical (unpaired) electrons. The van der Waals surface area contributed by atoms with Crippen LogP contribution in [0.3, 0.4) is 0 Å². The summed E-state index contributed by atoms with van der Waals surface area (Å²) in [5.41, 5.74) is 0.989. The van der Waals surface area contributed by atoms with Crippen LogP contribution in [-0.4, -0.2) is 0 Å². The first kappa shape index (κ1) is 13.0. The quantitative estimate of drug-likeness (QED) is 0.500. The van der Waals surface area contributed by atoms with E-state index in [1.54, 1.807) is 0 Å². The van der Waals surface area contributed by atoms with Crippen LogP contribution in [0.2, 0.25) is 5.02 Å². The van der Waals surface area contributed by atoms with Gasteiger partial charge in [-0.1, -0.05) is 41.9 Å². The van der Waals surface area contributed by atoms with Crippen LogP contribution in [0.4, 0.5) is 0 Å². The third kappa shape index (κ3) is 2.40. The van der Waals surface area contributed by atoms with E-state index in [-0.39, 0.29) is 5.38 Å². The zero-order valence-electron chi connectivity index (χ0n) is 9.74. The Bertz CT molecular complexity index is 736. The van der Waals surface area contributed by atoms with Crippen LogP contribution in [0.25, 0.3) is 10.8 Å². The number of hydrogen-bond donors (Lipinski definition) is 0. The van der Waals surface area contributed by atoms with Gasteiger partial charge in [0.05, 0.1) is 0 Å². The molecule has 1 aromatic heterocycles. The van der Waals surface area contributed by atoms with Gasteiger partial charge in [-0.2, -0.15) is 0 Å². The predicted octanol–water partition coefficient (Wildman–Crippen LogP) is 6.18. The summed E-state index contributed by atoms with van der Waals surface area (Å²) in [6.45, 7) is 0. The van der Waals surface area contributed by atoms with Crippen LogP contribution in [-0.2, 0) is 0 Å². The fourth-order valence-electron chi connectivity index (χ4n) is 2.12. The minimum Gasteiger partial charge on any atom is -0.452 e. The topological polar surface area (TPSA) is 13.1 Å². The fraction of sp³-hybridized carbons (Fsp3) is 0.0667. The molecule has 2 aromatic carbocycles. The van der Waals surface area contributed by atoms with Gasteiger partial charge in [0.15, 0.2) is 4.67 Å². The zero-order chi connectivity index (χ0) is 13.4. The highest BCUT2D eigenvalue weighted by atomic mass is 79.9. The molecule has 3 aromatic rings. The summed E-state index contributed by atoms with van der Waals surface area (Å²) in [6.07, 6.45) is 0. The Hall–Kier alpha value is -0.960. The third-order valence-corrected chi connectivity index (χ3v) is 4.23. The summed E-state index contributed by atoms with van der Waals surface area (Å²) in [4.78, 5) is 0. The minimum absolute atomic E-state index is 0.339. The molecule has 0 aliphatic heterocycles. The largest absolute Gasteiger partial charge is 0.452 e. The maximum Gasteiger partial charge on any atom is 0.169 e. The zero-order valence-corrected chi connectivity index (χ0v) is 12.8. The van der Waals surface area contributed by atoms with Crippen molar-refractivity contribution in [2.24, 2.45) is 0 Å². The van der Waals surface area contributed by atoms with Crippen LogP contribution < -0.4 is 0 Å². The lowest BCUT2D eigenvalue weighted by atomic mass is 10.0. The lowest BCUT2D eigenvalue weighted by Crippen LogP contribution is -1.93. The standard InChI is InChI=1S/C15H9BrCl2O/c16-14-8-7-13(19-14)15(18)11-5-6-12(17)10-4-2-1-3-9(10)11/h1-8,15H. The number of furan rings is 1. The summed E-state index contributed by atoms with van der Waals surface area (Å²) in [5.74, 6) is 0.709.